The Bertz CT molecular complexity index is 209. The van der Waals surface area contributed by atoms with E-state index in [4.69, 9.17) is 4.74 Å². The van der Waals surface area contributed by atoms with Crippen molar-refractivity contribution >= 4 is 5.97 Å². The van der Waals surface area contributed by atoms with Gasteiger partial charge in [0.2, 0.25) is 0 Å². The molecule has 0 rings (SSSR count). The molecule has 1 N–H and O–H groups in total. The molecule has 0 unspecified atom stereocenters. The summed E-state index contributed by atoms with van der Waals surface area (Å²) in [5, 5.41) is 9.35. The van der Waals surface area contributed by atoms with Crippen LogP contribution in [0.15, 0.2) is 24.8 Å². The van der Waals surface area contributed by atoms with E-state index >= 15 is 0 Å². The van der Waals surface area contributed by atoms with E-state index < -0.39 is 0 Å². The number of hydrogen-bond acceptors (Lipinski definition) is 3. The summed E-state index contributed by atoms with van der Waals surface area (Å²) >= 11 is 0. The number of rotatable bonds is 8. The maximum absolute atomic E-state index is 10.9. The summed E-state index contributed by atoms with van der Waals surface area (Å²) in [6.07, 6.45) is 7.62. The van der Waals surface area contributed by atoms with Crippen molar-refractivity contribution in [3.63, 3.8) is 0 Å². The Balaban J connectivity index is 3.44. The zero-order chi connectivity index (χ0) is 11.5. The minimum absolute atomic E-state index is 0.302. The highest BCUT2D eigenvalue weighted by atomic mass is 16.5. The maximum Gasteiger partial charge on any atom is 0.330 e. The fourth-order valence-electron chi connectivity index (χ4n) is 1.15. The Morgan fingerprint density at radius 3 is 2.93 bits per heavy atom. The standard InChI is InChI=1S/C12H20O3/c1-3-8-11(13)9-6-5-7-10-12(14)15-4-2/h3,7,10-11,13H,1,4-6,8-9H2,2H3/b10-7+/t11-/m1/s1. The number of carbonyl (C=O) groups is 1. The van der Waals surface area contributed by atoms with Crippen molar-refractivity contribution in [1.82, 2.24) is 0 Å². The highest BCUT2D eigenvalue weighted by molar-refractivity contribution is 5.81. The normalized spacial score (nSPS) is 12.7. The van der Waals surface area contributed by atoms with Gasteiger partial charge in [-0.25, -0.2) is 4.79 Å². The van der Waals surface area contributed by atoms with Crippen LogP contribution >= 0.6 is 0 Å². The third kappa shape index (κ3) is 9.22. The molecule has 3 nitrogen and oxygen atoms in total. The van der Waals surface area contributed by atoms with Crippen LogP contribution in [0.5, 0.6) is 0 Å². The molecule has 0 aliphatic heterocycles. The van der Waals surface area contributed by atoms with E-state index in [2.05, 4.69) is 6.58 Å². The first-order valence-corrected chi connectivity index (χ1v) is 5.33. The summed E-state index contributed by atoms with van der Waals surface area (Å²) in [5.74, 6) is -0.302. The zero-order valence-corrected chi connectivity index (χ0v) is 9.32. The lowest BCUT2D eigenvalue weighted by atomic mass is 10.1. The molecule has 15 heavy (non-hydrogen) atoms. The number of esters is 1. The summed E-state index contributed by atoms with van der Waals surface area (Å²) in [6, 6.07) is 0. The van der Waals surface area contributed by atoms with Crippen LogP contribution < -0.4 is 0 Å². The zero-order valence-electron chi connectivity index (χ0n) is 9.32. The number of aliphatic hydroxyl groups excluding tert-OH is 1. The summed E-state index contributed by atoms with van der Waals surface area (Å²) in [5.41, 5.74) is 0. The van der Waals surface area contributed by atoms with E-state index in [9.17, 15) is 9.90 Å². The Morgan fingerprint density at radius 2 is 2.33 bits per heavy atom. The molecule has 0 aromatic carbocycles. The van der Waals surface area contributed by atoms with Crippen LogP contribution in [-0.2, 0) is 9.53 Å². The van der Waals surface area contributed by atoms with Crippen LogP contribution in [0.4, 0.5) is 0 Å². The van der Waals surface area contributed by atoms with E-state index in [0.717, 1.165) is 19.3 Å². The maximum atomic E-state index is 10.9. The summed E-state index contributed by atoms with van der Waals surface area (Å²) < 4.78 is 4.72. The number of carbonyl (C=O) groups excluding carboxylic acids is 1. The van der Waals surface area contributed by atoms with Gasteiger partial charge in [0.1, 0.15) is 0 Å². The van der Waals surface area contributed by atoms with E-state index in [-0.39, 0.29) is 12.1 Å². The van der Waals surface area contributed by atoms with Gasteiger partial charge in [-0.1, -0.05) is 12.2 Å². The summed E-state index contributed by atoms with van der Waals surface area (Å²) in [7, 11) is 0. The third-order valence-electron chi connectivity index (χ3n) is 1.89. The second-order valence-electron chi connectivity index (χ2n) is 3.26. The molecule has 0 aliphatic rings. The van der Waals surface area contributed by atoms with Gasteiger partial charge in [0.05, 0.1) is 12.7 Å². The summed E-state index contributed by atoms with van der Waals surface area (Å²) in [4.78, 5) is 10.9. The smallest absolute Gasteiger partial charge is 0.330 e. The first kappa shape index (κ1) is 13.9. The molecular weight excluding hydrogens is 192 g/mol. The Hall–Kier alpha value is -1.09. The quantitative estimate of drug-likeness (QED) is 0.290. The second-order valence-corrected chi connectivity index (χ2v) is 3.26. The van der Waals surface area contributed by atoms with Crippen LogP contribution in [-0.4, -0.2) is 23.8 Å². The van der Waals surface area contributed by atoms with Crippen molar-refractivity contribution in [3.8, 4) is 0 Å². The van der Waals surface area contributed by atoms with Crippen molar-refractivity contribution in [2.45, 2.75) is 38.7 Å². The number of unbranched alkanes of at least 4 members (excludes halogenated alkanes) is 1. The molecule has 0 aromatic heterocycles. The Labute approximate surface area is 91.4 Å². The van der Waals surface area contributed by atoms with Crippen molar-refractivity contribution in [3.05, 3.63) is 24.8 Å². The van der Waals surface area contributed by atoms with Gasteiger partial charge >= 0.3 is 5.97 Å². The SMILES string of the molecule is C=CC[C@@H](O)CCC/C=C/C(=O)OCC. The van der Waals surface area contributed by atoms with Crippen LogP contribution in [0.1, 0.15) is 32.6 Å². The topological polar surface area (TPSA) is 46.5 Å². The Morgan fingerprint density at radius 1 is 1.60 bits per heavy atom. The van der Waals surface area contributed by atoms with Crippen LogP contribution in [0.25, 0.3) is 0 Å². The van der Waals surface area contributed by atoms with Gasteiger partial charge in [-0.15, -0.1) is 6.58 Å². The van der Waals surface area contributed by atoms with Gasteiger partial charge < -0.3 is 9.84 Å². The van der Waals surface area contributed by atoms with E-state index in [1.54, 1.807) is 19.1 Å². The third-order valence-corrected chi connectivity index (χ3v) is 1.89. The largest absolute Gasteiger partial charge is 0.463 e. The highest BCUT2D eigenvalue weighted by Crippen LogP contribution is 2.05. The number of allylic oxidation sites excluding steroid dienone is 1. The molecule has 0 heterocycles. The van der Waals surface area contributed by atoms with Gasteiger partial charge in [-0.3, -0.25) is 0 Å². The van der Waals surface area contributed by atoms with E-state index in [1.165, 1.54) is 6.08 Å². The second kappa shape index (κ2) is 9.46. The average Bonchev–Trinajstić information content (AvgIpc) is 2.18. The number of hydrogen-bond donors (Lipinski definition) is 1. The van der Waals surface area contributed by atoms with Crippen LogP contribution in [0.3, 0.4) is 0 Å². The minimum Gasteiger partial charge on any atom is -0.463 e. The van der Waals surface area contributed by atoms with Crippen molar-refractivity contribution in [1.29, 1.82) is 0 Å². The number of aliphatic hydroxyl groups is 1. The molecule has 0 aromatic rings. The Kier molecular flexibility index (Phi) is 8.78. The molecule has 0 bridgehead atoms. The molecule has 3 heteroatoms. The fourth-order valence-corrected chi connectivity index (χ4v) is 1.15. The van der Waals surface area contributed by atoms with E-state index in [0.29, 0.717) is 13.0 Å². The van der Waals surface area contributed by atoms with Crippen molar-refractivity contribution < 1.29 is 14.6 Å². The van der Waals surface area contributed by atoms with Gasteiger partial charge in [-0.2, -0.15) is 0 Å². The van der Waals surface area contributed by atoms with Gasteiger partial charge in [0.25, 0.3) is 0 Å². The van der Waals surface area contributed by atoms with Gasteiger partial charge in [0.15, 0.2) is 0 Å². The molecule has 0 radical (unpaired) electrons. The molecule has 1 atom stereocenters. The first-order valence-electron chi connectivity index (χ1n) is 5.33. The molecule has 0 amide bonds. The molecule has 0 spiro atoms. The predicted molar refractivity (Wildman–Crippen MR) is 60.4 cm³/mol. The summed E-state index contributed by atoms with van der Waals surface area (Å²) in [6.45, 7) is 5.73. The monoisotopic (exact) mass is 212 g/mol. The van der Waals surface area contributed by atoms with Gasteiger partial charge in [-0.05, 0) is 32.6 Å². The molecule has 0 aliphatic carbocycles. The molecule has 0 saturated heterocycles. The van der Waals surface area contributed by atoms with Gasteiger partial charge in [0, 0.05) is 6.08 Å². The van der Waals surface area contributed by atoms with Crippen LogP contribution in [0, 0.1) is 0 Å². The molecule has 0 saturated carbocycles. The van der Waals surface area contributed by atoms with Crippen molar-refractivity contribution in [2.75, 3.05) is 6.61 Å². The predicted octanol–water partition coefficient (Wildman–Crippen LogP) is 2.21. The lowest BCUT2D eigenvalue weighted by molar-refractivity contribution is -0.137. The van der Waals surface area contributed by atoms with Crippen LogP contribution in [0.2, 0.25) is 0 Å². The van der Waals surface area contributed by atoms with Crippen molar-refractivity contribution in [2.24, 2.45) is 0 Å². The average molecular weight is 212 g/mol. The lowest BCUT2D eigenvalue weighted by Gasteiger charge is -2.05. The molecule has 0 fully saturated rings. The molecule has 86 valence electrons. The minimum atomic E-state index is -0.307. The molecular formula is C12H20O3. The number of ether oxygens (including phenoxy) is 1. The van der Waals surface area contributed by atoms with E-state index in [1.807, 2.05) is 0 Å². The first-order chi connectivity index (χ1) is 7.20. The fraction of sp³-hybridized carbons (Fsp3) is 0.583. The lowest BCUT2D eigenvalue weighted by Crippen LogP contribution is -2.03. The highest BCUT2D eigenvalue weighted by Gasteiger charge is 1.99.